The van der Waals surface area contributed by atoms with E-state index in [4.69, 9.17) is 5.26 Å². The second-order valence-electron chi connectivity index (χ2n) is 2.83. The standard InChI is InChI=1S/C9H9BrN2O/c1-7(5-11)6-12-8(10)3-2-4-9(12)13/h2-4,7H,6H2,1H3. The minimum Gasteiger partial charge on any atom is -0.301 e. The highest BCUT2D eigenvalue weighted by Crippen LogP contribution is 2.08. The van der Waals surface area contributed by atoms with Crippen LogP contribution in [0, 0.1) is 17.2 Å². The van der Waals surface area contributed by atoms with Crippen molar-refractivity contribution in [3.63, 3.8) is 0 Å². The summed E-state index contributed by atoms with van der Waals surface area (Å²) in [7, 11) is 0. The molecule has 1 unspecified atom stereocenters. The van der Waals surface area contributed by atoms with Gasteiger partial charge in [0.05, 0.1) is 16.6 Å². The van der Waals surface area contributed by atoms with Gasteiger partial charge < -0.3 is 4.57 Å². The molecule has 0 fully saturated rings. The van der Waals surface area contributed by atoms with Gasteiger partial charge in [0.15, 0.2) is 0 Å². The molecule has 0 aromatic carbocycles. The SMILES string of the molecule is CC(C#N)Cn1c(Br)cccc1=O. The molecule has 1 atom stereocenters. The van der Waals surface area contributed by atoms with E-state index < -0.39 is 0 Å². The second kappa shape index (κ2) is 4.24. The highest BCUT2D eigenvalue weighted by molar-refractivity contribution is 9.10. The first-order valence-corrected chi connectivity index (χ1v) is 4.69. The van der Waals surface area contributed by atoms with Gasteiger partial charge in [-0.15, -0.1) is 0 Å². The second-order valence-corrected chi connectivity index (χ2v) is 3.64. The van der Waals surface area contributed by atoms with Gasteiger partial charge in [-0.25, -0.2) is 0 Å². The molecule has 1 aromatic rings. The summed E-state index contributed by atoms with van der Waals surface area (Å²) in [6, 6.07) is 7.03. The molecule has 0 aliphatic rings. The Balaban J connectivity index is 3.02. The molecule has 1 aromatic heterocycles. The van der Waals surface area contributed by atoms with Crippen molar-refractivity contribution in [1.29, 1.82) is 5.26 Å². The Morgan fingerprint density at radius 2 is 2.38 bits per heavy atom. The van der Waals surface area contributed by atoms with Crippen LogP contribution in [-0.2, 0) is 6.54 Å². The first-order valence-electron chi connectivity index (χ1n) is 3.90. The van der Waals surface area contributed by atoms with Crippen LogP contribution >= 0.6 is 15.9 Å². The summed E-state index contributed by atoms with van der Waals surface area (Å²) in [5, 5.41) is 8.60. The van der Waals surface area contributed by atoms with Crippen LogP contribution in [0.3, 0.4) is 0 Å². The van der Waals surface area contributed by atoms with E-state index in [1.54, 1.807) is 19.1 Å². The number of nitrogens with zero attached hydrogens (tertiary/aromatic N) is 2. The van der Waals surface area contributed by atoms with Crippen molar-refractivity contribution in [3.05, 3.63) is 33.2 Å². The Hall–Kier alpha value is -1.08. The number of rotatable bonds is 2. The van der Waals surface area contributed by atoms with Gasteiger partial charge in [-0.3, -0.25) is 4.79 Å². The fourth-order valence-corrected chi connectivity index (χ4v) is 1.46. The largest absolute Gasteiger partial charge is 0.301 e. The van der Waals surface area contributed by atoms with Crippen molar-refractivity contribution >= 4 is 15.9 Å². The molecule has 3 nitrogen and oxygen atoms in total. The Kier molecular flexibility index (Phi) is 3.26. The molecule has 13 heavy (non-hydrogen) atoms. The van der Waals surface area contributed by atoms with Crippen molar-refractivity contribution in [2.75, 3.05) is 0 Å². The molecule has 1 heterocycles. The van der Waals surface area contributed by atoms with Crippen LogP contribution in [0.2, 0.25) is 0 Å². The molecule has 0 saturated heterocycles. The summed E-state index contributed by atoms with van der Waals surface area (Å²) in [4.78, 5) is 11.3. The fraction of sp³-hybridized carbons (Fsp3) is 0.333. The zero-order chi connectivity index (χ0) is 9.84. The molecule has 1 rings (SSSR count). The Bertz CT molecular complexity index is 391. The van der Waals surface area contributed by atoms with Gasteiger partial charge in [-0.05, 0) is 28.9 Å². The molecular weight excluding hydrogens is 232 g/mol. The van der Waals surface area contributed by atoms with Crippen LogP contribution in [-0.4, -0.2) is 4.57 Å². The van der Waals surface area contributed by atoms with Crippen LogP contribution in [0.25, 0.3) is 0 Å². The summed E-state index contributed by atoms with van der Waals surface area (Å²) in [6.45, 7) is 2.21. The van der Waals surface area contributed by atoms with Crippen molar-refractivity contribution in [2.45, 2.75) is 13.5 Å². The zero-order valence-electron chi connectivity index (χ0n) is 7.20. The van der Waals surface area contributed by atoms with E-state index >= 15 is 0 Å². The highest BCUT2D eigenvalue weighted by atomic mass is 79.9. The number of nitriles is 1. The van der Waals surface area contributed by atoms with E-state index in [1.807, 2.05) is 0 Å². The smallest absolute Gasteiger partial charge is 0.251 e. The number of halogens is 1. The first-order chi connectivity index (χ1) is 6.15. The third kappa shape index (κ3) is 2.43. The lowest BCUT2D eigenvalue weighted by Gasteiger charge is -2.08. The fourth-order valence-electron chi connectivity index (χ4n) is 0.987. The summed E-state index contributed by atoms with van der Waals surface area (Å²) in [5.41, 5.74) is -0.0866. The van der Waals surface area contributed by atoms with Crippen LogP contribution in [0.5, 0.6) is 0 Å². The van der Waals surface area contributed by atoms with Crippen LogP contribution < -0.4 is 5.56 Å². The molecule has 0 bridgehead atoms. The Morgan fingerprint density at radius 3 is 2.92 bits per heavy atom. The number of hydrogen-bond donors (Lipinski definition) is 0. The van der Waals surface area contributed by atoms with E-state index in [0.29, 0.717) is 11.1 Å². The van der Waals surface area contributed by atoms with Gasteiger partial charge in [0.2, 0.25) is 0 Å². The summed E-state index contributed by atoms with van der Waals surface area (Å²) >= 11 is 3.26. The lowest BCUT2D eigenvalue weighted by Crippen LogP contribution is -2.22. The lowest BCUT2D eigenvalue weighted by atomic mass is 10.2. The summed E-state index contributed by atoms with van der Waals surface area (Å²) < 4.78 is 2.25. The van der Waals surface area contributed by atoms with Crippen LogP contribution in [0.15, 0.2) is 27.6 Å². The molecule has 0 N–H and O–H groups in total. The van der Waals surface area contributed by atoms with Crippen molar-refractivity contribution < 1.29 is 0 Å². The zero-order valence-corrected chi connectivity index (χ0v) is 8.78. The molecule has 68 valence electrons. The van der Waals surface area contributed by atoms with E-state index in [1.165, 1.54) is 10.6 Å². The molecule has 0 aliphatic heterocycles. The van der Waals surface area contributed by atoms with E-state index in [9.17, 15) is 4.79 Å². The van der Waals surface area contributed by atoms with Crippen LogP contribution in [0.4, 0.5) is 0 Å². The molecule has 0 radical (unpaired) electrons. The maximum Gasteiger partial charge on any atom is 0.251 e. The van der Waals surface area contributed by atoms with Gasteiger partial charge in [-0.1, -0.05) is 6.07 Å². The van der Waals surface area contributed by atoms with Gasteiger partial charge in [0.25, 0.3) is 5.56 Å². The molecule has 4 heteroatoms. The average molecular weight is 241 g/mol. The molecule has 0 saturated carbocycles. The maximum atomic E-state index is 11.3. The monoisotopic (exact) mass is 240 g/mol. The maximum absolute atomic E-state index is 11.3. The number of aromatic nitrogens is 1. The van der Waals surface area contributed by atoms with Gasteiger partial charge in [-0.2, -0.15) is 5.26 Å². The minimum absolute atomic E-state index is 0.0866. The normalized spacial score (nSPS) is 12.1. The predicted molar refractivity (Wildman–Crippen MR) is 53.2 cm³/mol. The van der Waals surface area contributed by atoms with Crippen LogP contribution in [0.1, 0.15) is 6.92 Å². The van der Waals surface area contributed by atoms with Crippen molar-refractivity contribution in [2.24, 2.45) is 5.92 Å². The number of hydrogen-bond acceptors (Lipinski definition) is 2. The van der Waals surface area contributed by atoms with Gasteiger partial charge >= 0.3 is 0 Å². The average Bonchev–Trinajstić information content (AvgIpc) is 2.11. The minimum atomic E-state index is -0.156. The number of pyridine rings is 1. The van der Waals surface area contributed by atoms with Crippen molar-refractivity contribution in [1.82, 2.24) is 4.57 Å². The van der Waals surface area contributed by atoms with Gasteiger partial charge in [0.1, 0.15) is 0 Å². The van der Waals surface area contributed by atoms with E-state index in [-0.39, 0.29) is 11.5 Å². The quantitative estimate of drug-likeness (QED) is 0.740. The molecular formula is C9H9BrN2O. The molecule has 0 spiro atoms. The van der Waals surface area contributed by atoms with Gasteiger partial charge in [0, 0.05) is 12.6 Å². The summed E-state index contributed by atoms with van der Waals surface area (Å²) in [5.74, 6) is -0.156. The third-order valence-corrected chi connectivity index (χ3v) is 2.37. The van der Waals surface area contributed by atoms with E-state index in [2.05, 4.69) is 22.0 Å². The molecule has 0 aliphatic carbocycles. The van der Waals surface area contributed by atoms with E-state index in [0.717, 1.165) is 0 Å². The highest BCUT2D eigenvalue weighted by Gasteiger charge is 2.05. The summed E-state index contributed by atoms with van der Waals surface area (Å²) in [6.07, 6.45) is 0. The Labute approximate surface area is 84.7 Å². The predicted octanol–water partition coefficient (Wildman–Crippen LogP) is 1.77. The topological polar surface area (TPSA) is 45.8 Å². The first kappa shape index (κ1) is 10.0. The van der Waals surface area contributed by atoms with Crippen molar-refractivity contribution in [3.8, 4) is 6.07 Å². The Morgan fingerprint density at radius 1 is 1.69 bits per heavy atom. The molecule has 0 amide bonds. The lowest BCUT2D eigenvalue weighted by molar-refractivity contribution is 0.555. The third-order valence-electron chi connectivity index (χ3n) is 1.67.